The molecule has 0 bridgehead atoms. The van der Waals surface area contributed by atoms with Gasteiger partial charge in [-0.2, -0.15) is 0 Å². The molecule has 2 aromatic heterocycles. The fraction of sp³-hybridized carbons (Fsp3) is 0.523. The summed E-state index contributed by atoms with van der Waals surface area (Å²) in [7, 11) is 3.79. The third-order valence-corrected chi connectivity index (χ3v) is 14.1. The van der Waals surface area contributed by atoms with Crippen molar-refractivity contribution in [3.8, 4) is 11.1 Å². The van der Waals surface area contributed by atoms with Crippen LogP contribution < -0.4 is 5.32 Å². The standard InChI is InChI=1S/C44H53Cl2N7O5/c1-50-37-19-22-53(29-13-15-30(54)16-14-29)25-35(37)47-41(50)38(55)23-28-5-3-6-31(39(28)45)32-7-4-8-33(40(32)46)49-43(56)42-48-34-24-52(21-18-36(34)51(42)2)20-17-26-9-11-27(12-10-26)44(57)58/h3-8,26-27,29-30,54H,9-25H2,1-2H3,(H,49,56)(H,57,58). The van der Waals surface area contributed by atoms with Gasteiger partial charge in [0.1, 0.15) is 0 Å². The second-order valence-electron chi connectivity index (χ2n) is 16.8. The Hall–Kier alpha value is -4.07. The Morgan fingerprint density at radius 3 is 2.16 bits per heavy atom. The molecular formula is C44H53Cl2N7O5. The van der Waals surface area contributed by atoms with E-state index in [1.165, 1.54) is 0 Å². The number of Topliss-reactive ketones (excluding diaryl/α,β-unsaturated/α-hetero) is 1. The topological polar surface area (TPSA) is 146 Å². The molecular weight excluding hydrogens is 777 g/mol. The molecule has 2 fully saturated rings. The molecule has 4 aromatic rings. The Balaban J connectivity index is 0.917. The van der Waals surface area contributed by atoms with Crippen molar-refractivity contribution in [2.75, 3.05) is 25.0 Å². The van der Waals surface area contributed by atoms with E-state index in [1.807, 2.05) is 53.6 Å². The minimum absolute atomic E-state index is 0.0731. The molecule has 2 aliphatic heterocycles. The fourth-order valence-corrected chi connectivity index (χ4v) is 10.3. The lowest BCUT2D eigenvalue weighted by atomic mass is 9.80. The van der Waals surface area contributed by atoms with Gasteiger partial charge in [0.15, 0.2) is 11.6 Å². The van der Waals surface area contributed by atoms with Crippen LogP contribution >= 0.6 is 23.2 Å². The molecule has 2 aromatic carbocycles. The number of nitrogens with zero attached hydrogens (tertiary/aromatic N) is 6. The number of aromatic nitrogens is 4. The minimum atomic E-state index is -0.670. The second kappa shape index (κ2) is 17.3. The van der Waals surface area contributed by atoms with Crippen molar-refractivity contribution in [2.24, 2.45) is 25.9 Å². The summed E-state index contributed by atoms with van der Waals surface area (Å²) in [5.74, 6) is -0.0480. The summed E-state index contributed by atoms with van der Waals surface area (Å²) in [5, 5.41) is 23.0. The van der Waals surface area contributed by atoms with Crippen LogP contribution in [0, 0.1) is 11.8 Å². The van der Waals surface area contributed by atoms with Crippen molar-refractivity contribution in [1.82, 2.24) is 28.9 Å². The molecule has 4 heterocycles. The zero-order chi connectivity index (χ0) is 40.7. The van der Waals surface area contributed by atoms with Gasteiger partial charge in [-0.1, -0.05) is 53.5 Å². The molecule has 0 atom stereocenters. The number of carboxylic acid groups (broad SMARTS) is 1. The van der Waals surface area contributed by atoms with Crippen LogP contribution in [0.25, 0.3) is 11.1 Å². The van der Waals surface area contributed by atoms with Gasteiger partial charge < -0.3 is 24.7 Å². The Morgan fingerprint density at radius 1 is 0.793 bits per heavy atom. The van der Waals surface area contributed by atoms with E-state index < -0.39 is 5.97 Å². The van der Waals surface area contributed by atoms with Crippen molar-refractivity contribution in [2.45, 2.75) is 102 Å². The van der Waals surface area contributed by atoms with E-state index in [2.05, 4.69) is 15.1 Å². The normalized spacial score (nSPS) is 22.6. The number of carboxylic acids is 1. The van der Waals surface area contributed by atoms with Crippen LogP contribution in [-0.4, -0.2) is 88.6 Å². The zero-order valence-electron chi connectivity index (χ0n) is 33.4. The molecule has 0 spiro atoms. The third kappa shape index (κ3) is 8.36. The molecule has 1 amide bonds. The van der Waals surface area contributed by atoms with E-state index in [-0.39, 0.29) is 30.1 Å². The highest BCUT2D eigenvalue weighted by atomic mass is 35.5. The summed E-state index contributed by atoms with van der Waals surface area (Å²) in [5.41, 5.74) is 6.38. The number of benzene rings is 2. The second-order valence-corrected chi connectivity index (χ2v) is 17.6. The predicted octanol–water partition coefficient (Wildman–Crippen LogP) is 7.11. The first-order valence-electron chi connectivity index (χ1n) is 20.8. The van der Waals surface area contributed by atoms with Gasteiger partial charge in [0, 0.05) is 88.1 Å². The van der Waals surface area contributed by atoms with Gasteiger partial charge in [0.25, 0.3) is 5.91 Å². The van der Waals surface area contributed by atoms with Crippen molar-refractivity contribution < 1.29 is 24.6 Å². The Morgan fingerprint density at radius 2 is 1.43 bits per heavy atom. The minimum Gasteiger partial charge on any atom is -0.481 e. The summed E-state index contributed by atoms with van der Waals surface area (Å²) in [6.07, 6.45) is 9.63. The number of aliphatic hydroxyl groups is 1. The highest BCUT2D eigenvalue weighted by Crippen LogP contribution is 2.39. The average Bonchev–Trinajstić information content (AvgIpc) is 3.74. The van der Waals surface area contributed by atoms with Gasteiger partial charge in [0.2, 0.25) is 5.78 Å². The summed E-state index contributed by atoms with van der Waals surface area (Å²) < 4.78 is 3.81. The number of ketones is 1. The molecule has 58 heavy (non-hydrogen) atoms. The first-order valence-corrected chi connectivity index (χ1v) is 21.6. The largest absolute Gasteiger partial charge is 0.481 e. The van der Waals surface area contributed by atoms with Crippen molar-refractivity contribution in [3.63, 3.8) is 0 Å². The molecule has 4 aliphatic rings. The van der Waals surface area contributed by atoms with Crippen LogP contribution in [0.1, 0.15) is 107 Å². The number of halogens is 2. The number of fused-ring (bicyclic) bond motifs is 2. The van der Waals surface area contributed by atoms with Gasteiger partial charge in [0.05, 0.1) is 39.1 Å². The molecule has 12 nitrogen and oxygen atoms in total. The highest BCUT2D eigenvalue weighted by Gasteiger charge is 2.32. The lowest BCUT2D eigenvalue weighted by Gasteiger charge is -2.37. The van der Waals surface area contributed by atoms with Gasteiger partial charge in [-0.05, 0) is 81.9 Å². The lowest BCUT2D eigenvalue weighted by molar-refractivity contribution is -0.143. The number of anilines is 1. The predicted molar refractivity (Wildman–Crippen MR) is 223 cm³/mol. The fourth-order valence-electron chi connectivity index (χ4n) is 9.76. The highest BCUT2D eigenvalue weighted by molar-refractivity contribution is 6.39. The number of hydrogen-bond acceptors (Lipinski definition) is 8. The van der Waals surface area contributed by atoms with Gasteiger partial charge in [-0.15, -0.1) is 0 Å². The lowest BCUT2D eigenvalue weighted by Crippen LogP contribution is -2.42. The van der Waals surface area contributed by atoms with E-state index in [0.717, 1.165) is 113 Å². The maximum atomic E-state index is 13.8. The van der Waals surface area contributed by atoms with Crippen LogP contribution in [0.3, 0.4) is 0 Å². The molecule has 308 valence electrons. The Labute approximate surface area is 349 Å². The van der Waals surface area contributed by atoms with Gasteiger partial charge in [-0.25, -0.2) is 9.97 Å². The average molecular weight is 831 g/mol. The van der Waals surface area contributed by atoms with Crippen LogP contribution in [0.15, 0.2) is 36.4 Å². The molecule has 3 N–H and O–H groups in total. The van der Waals surface area contributed by atoms with Crippen molar-refractivity contribution >= 4 is 46.5 Å². The summed E-state index contributed by atoms with van der Waals surface area (Å²) >= 11 is 14.0. The summed E-state index contributed by atoms with van der Waals surface area (Å²) in [6, 6.07) is 11.4. The molecule has 14 heteroatoms. The van der Waals surface area contributed by atoms with Crippen LogP contribution in [-0.2, 0) is 51.2 Å². The number of aliphatic hydroxyl groups excluding tert-OH is 1. The molecule has 8 rings (SSSR count). The summed E-state index contributed by atoms with van der Waals surface area (Å²) in [6.45, 7) is 4.10. The molecule has 2 saturated carbocycles. The first kappa shape index (κ1) is 40.7. The van der Waals surface area contributed by atoms with Gasteiger partial charge >= 0.3 is 5.97 Å². The Kier molecular flexibility index (Phi) is 12.1. The van der Waals surface area contributed by atoms with Crippen LogP contribution in [0.5, 0.6) is 0 Å². The molecule has 0 radical (unpaired) electrons. The van der Waals surface area contributed by atoms with Crippen LogP contribution in [0.2, 0.25) is 10.0 Å². The first-order chi connectivity index (χ1) is 27.9. The maximum Gasteiger partial charge on any atom is 0.306 e. The molecule has 0 unspecified atom stereocenters. The summed E-state index contributed by atoms with van der Waals surface area (Å²) in [4.78, 5) is 53.4. The quantitative estimate of drug-likeness (QED) is 0.135. The number of amides is 1. The van der Waals surface area contributed by atoms with Gasteiger partial charge in [-0.3, -0.25) is 24.2 Å². The Bertz CT molecular complexity index is 2200. The monoisotopic (exact) mass is 829 g/mol. The number of carbonyl (C=O) groups excluding carboxylic acids is 2. The van der Waals surface area contributed by atoms with Crippen LogP contribution in [0.4, 0.5) is 5.69 Å². The maximum absolute atomic E-state index is 13.8. The number of imidazole rings is 2. The van der Waals surface area contributed by atoms with Crippen molar-refractivity contribution in [1.29, 1.82) is 0 Å². The number of hydrogen-bond donors (Lipinski definition) is 3. The number of nitrogens with one attached hydrogen (secondary N) is 1. The van der Waals surface area contributed by atoms with E-state index in [0.29, 0.717) is 69.1 Å². The number of aliphatic carboxylic acids is 1. The number of rotatable bonds is 11. The SMILES string of the molecule is Cn1c(C(=O)Cc2cccc(-c3cccc(NC(=O)c4nc5c(n4C)CCN(CCC4CCC(C(=O)O)CC4)C5)c3Cl)c2Cl)nc2c1CCN(C1CCC(O)CC1)C2. The third-order valence-electron chi connectivity index (χ3n) is 13.3. The van der Waals surface area contributed by atoms with E-state index in [4.69, 9.17) is 33.2 Å². The molecule has 0 saturated heterocycles. The number of carbonyl (C=O) groups is 3. The van der Waals surface area contributed by atoms with E-state index in [9.17, 15) is 24.6 Å². The zero-order valence-corrected chi connectivity index (χ0v) is 34.9. The molecule has 2 aliphatic carbocycles. The van der Waals surface area contributed by atoms with E-state index >= 15 is 0 Å². The smallest absolute Gasteiger partial charge is 0.306 e. The van der Waals surface area contributed by atoms with E-state index in [1.54, 1.807) is 6.07 Å². The van der Waals surface area contributed by atoms with Crippen molar-refractivity contribution in [3.05, 3.63) is 86.4 Å².